The van der Waals surface area contributed by atoms with E-state index in [1.54, 1.807) is 31.2 Å². The Balaban J connectivity index is 2.86. The van der Waals surface area contributed by atoms with Gasteiger partial charge in [-0.15, -0.1) is 0 Å². The standard InChI is InChI=1S/C11H9NO2S/c1-8(2)11(13)14-10-5-3-4-9(6-10)12-7-15/h3-6H,1H2,2H3. The molecule has 0 fully saturated rings. The second-order valence-electron chi connectivity index (χ2n) is 2.87. The van der Waals surface area contributed by atoms with Gasteiger partial charge in [0.1, 0.15) is 5.75 Å². The molecule has 0 aliphatic heterocycles. The van der Waals surface area contributed by atoms with Crippen molar-refractivity contribution in [1.29, 1.82) is 0 Å². The van der Waals surface area contributed by atoms with Crippen molar-refractivity contribution in [2.24, 2.45) is 4.99 Å². The first-order valence-corrected chi connectivity index (χ1v) is 4.60. The number of thiocarbonyl (C=S) groups is 1. The van der Waals surface area contributed by atoms with E-state index >= 15 is 0 Å². The number of aliphatic imine (C=N–C) groups is 1. The zero-order chi connectivity index (χ0) is 11.3. The topological polar surface area (TPSA) is 38.7 Å². The summed E-state index contributed by atoms with van der Waals surface area (Å²) >= 11 is 4.47. The minimum absolute atomic E-state index is 0.346. The number of carbonyl (C=O) groups is 1. The maximum absolute atomic E-state index is 11.2. The third kappa shape index (κ3) is 3.46. The first kappa shape index (κ1) is 11.3. The first-order valence-electron chi connectivity index (χ1n) is 4.19. The van der Waals surface area contributed by atoms with E-state index in [1.807, 2.05) is 0 Å². The summed E-state index contributed by atoms with van der Waals surface area (Å²) in [5.41, 5.74) is 0.941. The van der Waals surface area contributed by atoms with Crippen molar-refractivity contribution in [3.8, 4) is 5.75 Å². The second kappa shape index (κ2) is 5.20. The van der Waals surface area contributed by atoms with Crippen LogP contribution in [-0.2, 0) is 4.79 Å². The molecule has 0 amide bonds. The number of nitrogens with zero attached hydrogens (tertiary/aromatic N) is 1. The van der Waals surface area contributed by atoms with Gasteiger partial charge < -0.3 is 4.74 Å². The Hall–Kier alpha value is -1.77. The van der Waals surface area contributed by atoms with Gasteiger partial charge in [-0.05, 0) is 31.3 Å². The van der Waals surface area contributed by atoms with Crippen molar-refractivity contribution >= 4 is 29.0 Å². The average molecular weight is 219 g/mol. The van der Waals surface area contributed by atoms with E-state index in [4.69, 9.17) is 4.74 Å². The fraction of sp³-hybridized carbons (Fsp3) is 0.0909. The number of hydrogen-bond acceptors (Lipinski definition) is 4. The molecule has 0 N–H and O–H groups in total. The maximum Gasteiger partial charge on any atom is 0.338 e. The largest absolute Gasteiger partial charge is 0.423 e. The normalized spacial score (nSPS) is 8.87. The highest BCUT2D eigenvalue weighted by molar-refractivity contribution is 7.78. The molecule has 1 aromatic carbocycles. The van der Waals surface area contributed by atoms with Crippen LogP contribution < -0.4 is 4.74 Å². The van der Waals surface area contributed by atoms with E-state index in [-0.39, 0.29) is 0 Å². The summed E-state index contributed by atoms with van der Waals surface area (Å²) in [4.78, 5) is 15.0. The summed E-state index contributed by atoms with van der Waals surface area (Å²) in [5, 5.41) is 2.24. The Morgan fingerprint density at radius 2 is 2.33 bits per heavy atom. The molecular formula is C11H9NO2S. The van der Waals surface area contributed by atoms with Crippen LogP contribution in [0.3, 0.4) is 0 Å². The van der Waals surface area contributed by atoms with E-state index in [0.717, 1.165) is 0 Å². The summed E-state index contributed by atoms with van der Waals surface area (Å²) in [5.74, 6) is -0.0482. The molecule has 0 aliphatic rings. The van der Waals surface area contributed by atoms with Crippen LogP contribution >= 0.6 is 12.2 Å². The lowest BCUT2D eigenvalue weighted by atomic mass is 10.3. The van der Waals surface area contributed by atoms with Crippen LogP contribution in [0.2, 0.25) is 0 Å². The summed E-state index contributed by atoms with van der Waals surface area (Å²) in [6.45, 7) is 5.07. The van der Waals surface area contributed by atoms with Crippen molar-refractivity contribution in [2.45, 2.75) is 6.92 Å². The molecule has 0 aromatic heterocycles. The molecule has 1 aromatic rings. The Bertz CT molecular complexity index is 448. The number of ether oxygens (including phenoxy) is 1. The van der Waals surface area contributed by atoms with Crippen LogP contribution in [0.15, 0.2) is 41.4 Å². The van der Waals surface area contributed by atoms with Gasteiger partial charge in [-0.2, -0.15) is 4.99 Å². The van der Waals surface area contributed by atoms with E-state index in [0.29, 0.717) is 17.0 Å². The van der Waals surface area contributed by atoms with Crippen molar-refractivity contribution in [3.05, 3.63) is 36.4 Å². The molecule has 0 radical (unpaired) electrons. The lowest BCUT2D eigenvalue weighted by Crippen LogP contribution is -2.07. The highest BCUT2D eigenvalue weighted by Crippen LogP contribution is 2.19. The molecule has 15 heavy (non-hydrogen) atoms. The van der Waals surface area contributed by atoms with Gasteiger partial charge in [0.15, 0.2) is 0 Å². The molecule has 1 rings (SSSR count). The molecule has 0 spiro atoms. The quantitative estimate of drug-likeness (QED) is 0.258. The highest BCUT2D eigenvalue weighted by atomic mass is 32.1. The van der Waals surface area contributed by atoms with E-state index in [1.165, 1.54) is 0 Å². The summed E-state index contributed by atoms with van der Waals surface area (Å²) in [6.07, 6.45) is 0. The molecule has 0 atom stereocenters. The van der Waals surface area contributed by atoms with Gasteiger partial charge in [0.2, 0.25) is 0 Å². The van der Waals surface area contributed by atoms with Gasteiger partial charge in [0.05, 0.1) is 10.8 Å². The van der Waals surface area contributed by atoms with Crippen molar-refractivity contribution < 1.29 is 9.53 Å². The third-order valence-electron chi connectivity index (χ3n) is 1.55. The van der Waals surface area contributed by atoms with E-state index in [9.17, 15) is 4.79 Å². The van der Waals surface area contributed by atoms with E-state index < -0.39 is 5.97 Å². The molecule has 3 nitrogen and oxygen atoms in total. The van der Waals surface area contributed by atoms with Crippen LogP contribution in [0.1, 0.15) is 6.92 Å². The molecule has 0 unspecified atom stereocenters. The zero-order valence-corrected chi connectivity index (χ0v) is 9.00. The van der Waals surface area contributed by atoms with Crippen LogP contribution in [0.25, 0.3) is 0 Å². The number of carbonyl (C=O) groups excluding carboxylic acids is 1. The predicted octanol–water partition coefficient (Wildman–Crippen LogP) is 2.90. The zero-order valence-electron chi connectivity index (χ0n) is 8.19. The summed E-state index contributed by atoms with van der Waals surface area (Å²) in [7, 11) is 0. The first-order chi connectivity index (χ1) is 7.13. The molecule has 76 valence electrons. The van der Waals surface area contributed by atoms with Crippen LogP contribution in [0.4, 0.5) is 5.69 Å². The SMILES string of the molecule is C=C(C)C(=O)Oc1cccc(N=C=S)c1. The Labute approximate surface area is 93.1 Å². The highest BCUT2D eigenvalue weighted by Gasteiger charge is 2.04. The lowest BCUT2D eigenvalue weighted by Gasteiger charge is -2.03. The number of hydrogen-bond donors (Lipinski definition) is 0. The van der Waals surface area contributed by atoms with Gasteiger partial charge in [0.25, 0.3) is 0 Å². The molecule has 0 aliphatic carbocycles. The van der Waals surface area contributed by atoms with Gasteiger partial charge in [-0.3, -0.25) is 0 Å². The van der Waals surface area contributed by atoms with Gasteiger partial charge in [-0.25, -0.2) is 4.79 Å². The molecule has 0 saturated heterocycles. The van der Waals surface area contributed by atoms with Crippen molar-refractivity contribution in [2.75, 3.05) is 0 Å². The Morgan fingerprint density at radius 3 is 2.93 bits per heavy atom. The van der Waals surface area contributed by atoms with Crippen LogP contribution in [0, 0.1) is 0 Å². The van der Waals surface area contributed by atoms with Gasteiger partial charge in [0, 0.05) is 11.6 Å². The Kier molecular flexibility index (Phi) is 3.92. The third-order valence-corrected chi connectivity index (χ3v) is 1.64. The number of isothiocyanates is 1. The smallest absolute Gasteiger partial charge is 0.338 e. The second-order valence-corrected chi connectivity index (χ2v) is 3.05. The van der Waals surface area contributed by atoms with Crippen molar-refractivity contribution in [1.82, 2.24) is 0 Å². The number of benzene rings is 1. The number of esters is 1. The lowest BCUT2D eigenvalue weighted by molar-refractivity contribution is -0.130. The summed E-state index contributed by atoms with van der Waals surface area (Å²) in [6, 6.07) is 6.70. The summed E-state index contributed by atoms with van der Waals surface area (Å²) < 4.78 is 5.00. The Morgan fingerprint density at radius 1 is 1.60 bits per heavy atom. The minimum Gasteiger partial charge on any atom is -0.423 e. The molecular weight excluding hydrogens is 210 g/mol. The van der Waals surface area contributed by atoms with E-state index in [2.05, 4.69) is 29.0 Å². The molecule has 4 heteroatoms. The molecule has 0 saturated carbocycles. The number of rotatable bonds is 3. The maximum atomic E-state index is 11.2. The van der Waals surface area contributed by atoms with Crippen LogP contribution in [0.5, 0.6) is 5.75 Å². The molecule has 0 heterocycles. The van der Waals surface area contributed by atoms with Gasteiger partial charge >= 0.3 is 5.97 Å². The van der Waals surface area contributed by atoms with Gasteiger partial charge in [-0.1, -0.05) is 12.6 Å². The average Bonchev–Trinajstić information content (AvgIpc) is 2.18. The van der Waals surface area contributed by atoms with Crippen LogP contribution in [-0.4, -0.2) is 11.1 Å². The molecule has 0 bridgehead atoms. The fourth-order valence-electron chi connectivity index (χ4n) is 0.863. The van der Waals surface area contributed by atoms with Crippen molar-refractivity contribution in [3.63, 3.8) is 0 Å². The monoisotopic (exact) mass is 219 g/mol. The predicted molar refractivity (Wildman–Crippen MR) is 61.6 cm³/mol. The fourth-order valence-corrected chi connectivity index (χ4v) is 0.969. The minimum atomic E-state index is -0.460.